The minimum absolute atomic E-state index is 0.0675. The van der Waals surface area contributed by atoms with Gasteiger partial charge in [0.15, 0.2) is 0 Å². The van der Waals surface area contributed by atoms with Crippen LogP contribution in [0.1, 0.15) is 5.56 Å². The summed E-state index contributed by atoms with van der Waals surface area (Å²) in [4.78, 5) is 14.5. The van der Waals surface area contributed by atoms with Crippen LogP contribution in [0, 0.1) is 0 Å². The average molecular weight is 356 g/mol. The molecule has 0 bridgehead atoms. The SMILES string of the molecule is C=CCN1C(=O)/C(=C\c2ccn(-c3ccc(OC)cc3)c2)SC1=S. The molecule has 1 aromatic heterocycles. The first kappa shape index (κ1) is 16.5. The zero-order chi connectivity index (χ0) is 17.1. The number of aromatic nitrogens is 1. The predicted octanol–water partition coefficient (Wildman–Crippen LogP) is 3.87. The van der Waals surface area contributed by atoms with E-state index in [1.54, 1.807) is 18.1 Å². The van der Waals surface area contributed by atoms with Gasteiger partial charge in [-0.25, -0.2) is 0 Å². The van der Waals surface area contributed by atoms with Gasteiger partial charge in [0.05, 0.1) is 12.0 Å². The Morgan fingerprint density at radius 3 is 2.71 bits per heavy atom. The van der Waals surface area contributed by atoms with Crippen molar-refractivity contribution in [3.05, 3.63) is 65.8 Å². The van der Waals surface area contributed by atoms with E-state index in [-0.39, 0.29) is 5.91 Å². The van der Waals surface area contributed by atoms with Gasteiger partial charge in [-0.2, -0.15) is 0 Å². The first-order valence-electron chi connectivity index (χ1n) is 7.31. The molecule has 122 valence electrons. The number of hydrogen-bond donors (Lipinski definition) is 0. The smallest absolute Gasteiger partial charge is 0.266 e. The maximum Gasteiger partial charge on any atom is 0.266 e. The van der Waals surface area contributed by atoms with Crippen LogP contribution in [-0.4, -0.2) is 33.3 Å². The molecule has 0 atom stereocenters. The molecule has 2 aromatic rings. The fraction of sp³-hybridized carbons (Fsp3) is 0.111. The second-order valence-corrected chi connectivity index (χ2v) is 6.81. The number of thiocarbonyl (C=S) groups is 1. The minimum atomic E-state index is -0.0675. The van der Waals surface area contributed by atoms with E-state index in [0.717, 1.165) is 17.0 Å². The molecule has 0 radical (unpaired) electrons. The van der Waals surface area contributed by atoms with Crippen molar-refractivity contribution in [3.63, 3.8) is 0 Å². The highest BCUT2D eigenvalue weighted by Crippen LogP contribution is 2.32. The normalized spacial score (nSPS) is 16.0. The third-order valence-electron chi connectivity index (χ3n) is 3.57. The van der Waals surface area contributed by atoms with Crippen molar-refractivity contribution in [1.29, 1.82) is 0 Å². The molecule has 1 aromatic carbocycles. The van der Waals surface area contributed by atoms with E-state index in [1.807, 2.05) is 53.4 Å². The zero-order valence-corrected chi connectivity index (χ0v) is 14.8. The molecular weight excluding hydrogens is 340 g/mol. The summed E-state index contributed by atoms with van der Waals surface area (Å²) in [5.74, 6) is 0.749. The van der Waals surface area contributed by atoms with E-state index in [1.165, 1.54) is 11.8 Å². The number of thioether (sulfide) groups is 1. The topological polar surface area (TPSA) is 34.5 Å². The average Bonchev–Trinajstić information content (AvgIpc) is 3.16. The molecular formula is C18H16N2O2S2. The number of ether oxygens (including phenoxy) is 1. The van der Waals surface area contributed by atoms with Crippen molar-refractivity contribution < 1.29 is 9.53 Å². The second-order valence-electron chi connectivity index (χ2n) is 5.13. The molecule has 0 unspecified atom stereocenters. The van der Waals surface area contributed by atoms with Crippen molar-refractivity contribution in [1.82, 2.24) is 9.47 Å². The number of carbonyl (C=O) groups excluding carboxylic acids is 1. The predicted molar refractivity (Wildman–Crippen MR) is 102 cm³/mol. The molecule has 0 saturated carbocycles. The van der Waals surface area contributed by atoms with Crippen molar-refractivity contribution in [2.45, 2.75) is 0 Å². The zero-order valence-electron chi connectivity index (χ0n) is 13.1. The second kappa shape index (κ2) is 7.07. The number of rotatable bonds is 5. The highest BCUT2D eigenvalue weighted by atomic mass is 32.2. The van der Waals surface area contributed by atoms with E-state index in [2.05, 4.69) is 6.58 Å². The Labute approximate surface area is 150 Å². The molecule has 1 amide bonds. The Bertz CT molecular complexity index is 822. The molecule has 0 spiro atoms. The van der Waals surface area contributed by atoms with Gasteiger partial charge in [-0.15, -0.1) is 6.58 Å². The van der Waals surface area contributed by atoms with Crippen molar-refractivity contribution >= 4 is 40.3 Å². The van der Waals surface area contributed by atoms with Crippen LogP contribution in [-0.2, 0) is 4.79 Å². The Morgan fingerprint density at radius 2 is 2.04 bits per heavy atom. The van der Waals surface area contributed by atoms with Crippen LogP contribution < -0.4 is 4.74 Å². The Balaban J connectivity index is 1.82. The summed E-state index contributed by atoms with van der Waals surface area (Å²) in [5.41, 5.74) is 1.97. The summed E-state index contributed by atoms with van der Waals surface area (Å²) in [6.07, 6.45) is 7.47. The molecule has 6 heteroatoms. The summed E-state index contributed by atoms with van der Waals surface area (Å²) in [6.45, 7) is 4.10. The lowest BCUT2D eigenvalue weighted by molar-refractivity contribution is -0.121. The maximum absolute atomic E-state index is 12.3. The van der Waals surface area contributed by atoms with Crippen LogP contribution in [0.5, 0.6) is 5.75 Å². The van der Waals surface area contributed by atoms with Gasteiger partial charge in [-0.3, -0.25) is 9.69 Å². The molecule has 2 heterocycles. The van der Waals surface area contributed by atoms with E-state index in [0.29, 0.717) is 15.8 Å². The largest absolute Gasteiger partial charge is 0.497 e. The lowest BCUT2D eigenvalue weighted by atomic mass is 10.3. The summed E-state index contributed by atoms with van der Waals surface area (Å²) >= 11 is 6.57. The molecule has 1 aliphatic rings. The molecule has 3 rings (SSSR count). The van der Waals surface area contributed by atoms with Crippen LogP contribution >= 0.6 is 24.0 Å². The first-order valence-corrected chi connectivity index (χ1v) is 8.53. The summed E-state index contributed by atoms with van der Waals surface area (Å²) in [7, 11) is 1.64. The molecule has 1 fully saturated rings. The van der Waals surface area contributed by atoms with Crippen LogP contribution in [0.4, 0.5) is 0 Å². The number of benzene rings is 1. The van der Waals surface area contributed by atoms with Crippen LogP contribution in [0.2, 0.25) is 0 Å². The number of amides is 1. The molecule has 1 saturated heterocycles. The van der Waals surface area contributed by atoms with Gasteiger partial charge in [0.1, 0.15) is 10.1 Å². The molecule has 0 aliphatic carbocycles. The molecule has 24 heavy (non-hydrogen) atoms. The van der Waals surface area contributed by atoms with Crippen molar-refractivity contribution in [2.75, 3.05) is 13.7 Å². The van der Waals surface area contributed by atoms with E-state index < -0.39 is 0 Å². The van der Waals surface area contributed by atoms with E-state index >= 15 is 0 Å². The third kappa shape index (κ3) is 3.29. The maximum atomic E-state index is 12.3. The molecule has 1 aliphatic heterocycles. The Hall–Kier alpha value is -2.31. The quantitative estimate of drug-likeness (QED) is 0.463. The fourth-order valence-electron chi connectivity index (χ4n) is 2.35. The van der Waals surface area contributed by atoms with E-state index in [4.69, 9.17) is 17.0 Å². The van der Waals surface area contributed by atoms with Gasteiger partial charge in [0, 0.05) is 24.6 Å². The van der Waals surface area contributed by atoms with Crippen molar-refractivity contribution in [3.8, 4) is 11.4 Å². The summed E-state index contributed by atoms with van der Waals surface area (Å²) in [6, 6.07) is 9.74. The summed E-state index contributed by atoms with van der Waals surface area (Å²) in [5, 5.41) is 0. The van der Waals surface area contributed by atoms with Gasteiger partial charge in [-0.1, -0.05) is 30.1 Å². The van der Waals surface area contributed by atoms with Gasteiger partial charge >= 0.3 is 0 Å². The highest BCUT2D eigenvalue weighted by molar-refractivity contribution is 8.26. The monoisotopic (exact) mass is 356 g/mol. The summed E-state index contributed by atoms with van der Waals surface area (Å²) < 4.78 is 7.73. The number of carbonyl (C=O) groups is 1. The minimum Gasteiger partial charge on any atom is -0.497 e. The van der Waals surface area contributed by atoms with Crippen LogP contribution in [0.3, 0.4) is 0 Å². The van der Waals surface area contributed by atoms with Gasteiger partial charge < -0.3 is 9.30 Å². The van der Waals surface area contributed by atoms with Gasteiger partial charge in [0.2, 0.25) is 0 Å². The number of methoxy groups -OCH3 is 1. The number of hydrogen-bond acceptors (Lipinski definition) is 4. The van der Waals surface area contributed by atoms with Gasteiger partial charge in [0.25, 0.3) is 5.91 Å². The van der Waals surface area contributed by atoms with Gasteiger partial charge in [-0.05, 0) is 42.0 Å². The number of nitrogens with zero attached hydrogens (tertiary/aromatic N) is 2. The highest BCUT2D eigenvalue weighted by Gasteiger charge is 2.30. The Morgan fingerprint density at radius 1 is 1.29 bits per heavy atom. The molecule has 4 nitrogen and oxygen atoms in total. The van der Waals surface area contributed by atoms with E-state index in [9.17, 15) is 4.79 Å². The standard InChI is InChI=1S/C18H16N2O2S2/c1-3-9-20-17(21)16(24-18(20)23)11-13-8-10-19(12-13)14-4-6-15(22-2)7-5-14/h3-8,10-12H,1,9H2,2H3/b16-11+. The fourth-order valence-corrected chi connectivity index (χ4v) is 3.63. The van der Waals surface area contributed by atoms with Crippen LogP contribution in [0.25, 0.3) is 11.8 Å². The lowest BCUT2D eigenvalue weighted by Crippen LogP contribution is -2.27. The lowest BCUT2D eigenvalue weighted by Gasteiger charge is -2.10. The third-order valence-corrected chi connectivity index (χ3v) is 4.95. The van der Waals surface area contributed by atoms with Crippen molar-refractivity contribution in [2.24, 2.45) is 0 Å². The molecule has 0 N–H and O–H groups in total. The first-order chi connectivity index (χ1) is 11.6. The van der Waals surface area contributed by atoms with Crippen LogP contribution in [0.15, 0.2) is 60.3 Å². The Kier molecular flexibility index (Phi) is 4.87.